The number of carbonyl (C=O) groups excluding carboxylic acids is 1. The summed E-state index contributed by atoms with van der Waals surface area (Å²) in [6, 6.07) is 3.99. The van der Waals surface area contributed by atoms with E-state index in [2.05, 4.69) is 24.1 Å². The fourth-order valence-corrected chi connectivity index (χ4v) is 2.47. The van der Waals surface area contributed by atoms with Crippen LogP contribution >= 0.6 is 11.3 Å². The number of hydrogen-bond acceptors (Lipinski definition) is 4. The molecule has 2 aromatic heterocycles. The van der Waals surface area contributed by atoms with E-state index < -0.39 is 0 Å². The molecule has 0 aliphatic carbocycles. The zero-order valence-corrected chi connectivity index (χ0v) is 11.9. The van der Waals surface area contributed by atoms with Gasteiger partial charge in [0.15, 0.2) is 5.13 Å². The van der Waals surface area contributed by atoms with Crippen molar-refractivity contribution in [2.45, 2.75) is 26.3 Å². The third-order valence-corrected chi connectivity index (χ3v) is 3.53. The van der Waals surface area contributed by atoms with E-state index in [9.17, 15) is 4.79 Å². The van der Waals surface area contributed by atoms with Gasteiger partial charge in [0.25, 0.3) is 5.91 Å². The molecule has 0 saturated heterocycles. The number of aromatic nitrogens is 2. The molecule has 5 nitrogen and oxygen atoms in total. The lowest BCUT2D eigenvalue weighted by Crippen LogP contribution is -2.28. The Morgan fingerprint density at radius 1 is 1.58 bits per heavy atom. The predicted molar refractivity (Wildman–Crippen MR) is 77.4 cm³/mol. The highest BCUT2D eigenvalue weighted by atomic mass is 32.1. The quantitative estimate of drug-likeness (QED) is 0.879. The number of nitrogens with one attached hydrogen (secondary N) is 1. The van der Waals surface area contributed by atoms with Gasteiger partial charge in [-0.05, 0) is 26.0 Å². The van der Waals surface area contributed by atoms with Crippen LogP contribution in [-0.2, 0) is 6.42 Å². The van der Waals surface area contributed by atoms with E-state index in [1.54, 1.807) is 0 Å². The molecule has 0 aromatic carbocycles. The van der Waals surface area contributed by atoms with E-state index in [1.807, 2.05) is 28.3 Å². The summed E-state index contributed by atoms with van der Waals surface area (Å²) in [5, 5.41) is 5.38. The van der Waals surface area contributed by atoms with Crippen LogP contribution in [-0.4, -0.2) is 22.0 Å². The van der Waals surface area contributed by atoms with Gasteiger partial charge in [-0.25, -0.2) is 4.98 Å². The molecule has 0 spiro atoms. The van der Waals surface area contributed by atoms with Gasteiger partial charge in [0.05, 0.1) is 5.69 Å². The first kappa shape index (κ1) is 13.6. The maximum Gasteiger partial charge on any atom is 0.267 e. The zero-order valence-electron chi connectivity index (χ0n) is 11.1. The van der Waals surface area contributed by atoms with Crippen LogP contribution in [0.15, 0.2) is 23.7 Å². The highest BCUT2D eigenvalue weighted by molar-refractivity contribution is 7.13. The van der Waals surface area contributed by atoms with E-state index in [-0.39, 0.29) is 11.9 Å². The normalized spacial score (nSPS) is 10.9. The molecular weight excluding hydrogens is 260 g/mol. The van der Waals surface area contributed by atoms with Crippen molar-refractivity contribution in [1.82, 2.24) is 14.9 Å². The van der Waals surface area contributed by atoms with E-state index in [4.69, 9.17) is 5.73 Å². The number of thiazole rings is 1. The van der Waals surface area contributed by atoms with Crippen LogP contribution in [0, 0.1) is 0 Å². The second-order valence-corrected chi connectivity index (χ2v) is 5.47. The van der Waals surface area contributed by atoms with Crippen molar-refractivity contribution in [2.24, 2.45) is 0 Å². The van der Waals surface area contributed by atoms with Gasteiger partial charge >= 0.3 is 0 Å². The van der Waals surface area contributed by atoms with Crippen LogP contribution in [0.3, 0.4) is 0 Å². The van der Waals surface area contributed by atoms with Gasteiger partial charge in [0.2, 0.25) is 0 Å². The van der Waals surface area contributed by atoms with E-state index >= 15 is 0 Å². The van der Waals surface area contributed by atoms with Gasteiger partial charge in [0, 0.05) is 30.6 Å². The summed E-state index contributed by atoms with van der Waals surface area (Å²) in [7, 11) is 0. The number of nitrogens with zero attached hydrogens (tertiary/aromatic N) is 2. The highest BCUT2D eigenvalue weighted by Gasteiger charge is 2.12. The molecule has 3 N–H and O–H groups in total. The zero-order chi connectivity index (χ0) is 13.8. The van der Waals surface area contributed by atoms with Crippen LogP contribution in [0.4, 0.5) is 5.13 Å². The third-order valence-electron chi connectivity index (χ3n) is 2.80. The van der Waals surface area contributed by atoms with Crippen LogP contribution in [0.1, 0.15) is 36.1 Å². The minimum Gasteiger partial charge on any atom is -0.375 e. The molecule has 2 rings (SSSR count). The Balaban J connectivity index is 1.89. The average Bonchev–Trinajstić information content (AvgIpc) is 2.97. The molecule has 0 atom stereocenters. The van der Waals surface area contributed by atoms with Crippen LogP contribution in [0.5, 0.6) is 0 Å². The van der Waals surface area contributed by atoms with Crippen molar-refractivity contribution in [2.75, 3.05) is 12.3 Å². The molecule has 0 fully saturated rings. The summed E-state index contributed by atoms with van der Waals surface area (Å²) >= 11 is 1.42. The molecule has 0 unspecified atom stereocenters. The molecule has 0 aliphatic heterocycles. The van der Waals surface area contributed by atoms with E-state index in [0.29, 0.717) is 23.8 Å². The SMILES string of the molecule is CC(C)n1cccc1C(=O)NCCc1csc(N)n1. The minimum absolute atomic E-state index is 0.0538. The largest absolute Gasteiger partial charge is 0.375 e. The summed E-state index contributed by atoms with van der Waals surface area (Å²) < 4.78 is 1.95. The average molecular weight is 278 g/mol. The second kappa shape index (κ2) is 5.88. The smallest absolute Gasteiger partial charge is 0.267 e. The molecule has 0 radical (unpaired) electrons. The topological polar surface area (TPSA) is 72.9 Å². The first-order valence-electron chi connectivity index (χ1n) is 6.23. The lowest BCUT2D eigenvalue weighted by Gasteiger charge is -2.12. The van der Waals surface area contributed by atoms with Crippen molar-refractivity contribution in [1.29, 1.82) is 0 Å². The standard InChI is InChI=1S/C13H18N4OS/c1-9(2)17-7-3-4-11(17)12(18)15-6-5-10-8-19-13(14)16-10/h3-4,7-9H,5-6H2,1-2H3,(H2,14,16)(H,15,18). The summed E-state index contributed by atoms with van der Waals surface area (Å²) in [6.07, 6.45) is 2.61. The van der Waals surface area contributed by atoms with Gasteiger partial charge in [0.1, 0.15) is 5.69 Å². The van der Waals surface area contributed by atoms with Crippen molar-refractivity contribution >= 4 is 22.4 Å². The van der Waals surface area contributed by atoms with Gasteiger partial charge < -0.3 is 15.6 Å². The van der Waals surface area contributed by atoms with E-state index in [1.165, 1.54) is 11.3 Å². The van der Waals surface area contributed by atoms with Gasteiger partial charge in [-0.3, -0.25) is 4.79 Å². The summed E-state index contributed by atoms with van der Waals surface area (Å²) in [6.45, 7) is 4.66. The fourth-order valence-electron chi connectivity index (χ4n) is 1.87. The first-order chi connectivity index (χ1) is 9.08. The lowest BCUT2D eigenvalue weighted by molar-refractivity contribution is 0.0943. The second-order valence-electron chi connectivity index (χ2n) is 4.58. The Kier molecular flexibility index (Phi) is 4.21. The van der Waals surface area contributed by atoms with Crippen LogP contribution in [0.25, 0.3) is 0 Å². The van der Waals surface area contributed by atoms with Crippen molar-refractivity contribution in [3.05, 3.63) is 35.1 Å². The minimum atomic E-state index is -0.0538. The molecule has 2 heterocycles. The summed E-state index contributed by atoms with van der Waals surface area (Å²) in [5.74, 6) is -0.0538. The number of nitrogens with two attached hydrogens (primary N) is 1. The molecule has 1 amide bonds. The molecule has 0 saturated carbocycles. The Morgan fingerprint density at radius 3 is 3.00 bits per heavy atom. The first-order valence-corrected chi connectivity index (χ1v) is 7.11. The van der Waals surface area contributed by atoms with Gasteiger partial charge in [-0.15, -0.1) is 11.3 Å². The molecule has 0 aliphatic rings. The Bertz CT molecular complexity index is 558. The summed E-state index contributed by atoms with van der Waals surface area (Å²) in [4.78, 5) is 16.2. The maximum absolute atomic E-state index is 12.1. The number of hydrogen-bond donors (Lipinski definition) is 2. The number of carbonyl (C=O) groups is 1. The Morgan fingerprint density at radius 2 is 2.37 bits per heavy atom. The van der Waals surface area contributed by atoms with Crippen LogP contribution in [0.2, 0.25) is 0 Å². The lowest BCUT2D eigenvalue weighted by atomic mass is 10.3. The molecule has 102 valence electrons. The molecule has 2 aromatic rings. The third kappa shape index (κ3) is 3.35. The van der Waals surface area contributed by atoms with Crippen molar-refractivity contribution in [3.8, 4) is 0 Å². The van der Waals surface area contributed by atoms with Crippen molar-refractivity contribution in [3.63, 3.8) is 0 Å². The predicted octanol–water partition coefficient (Wildman–Crippen LogP) is 2.08. The number of rotatable bonds is 5. The van der Waals surface area contributed by atoms with E-state index in [0.717, 1.165) is 5.69 Å². The molecule has 6 heteroatoms. The number of nitrogen functional groups attached to an aromatic ring is 1. The summed E-state index contributed by atoms with van der Waals surface area (Å²) in [5.41, 5.74) is 7.16. The number of amides is 1. The van der Waals surface area contributed by atoms with Gasteiger partial charge in [-0.2, -0.15) is 0 Å². The van der Waals surface area contributed by atoms with Gasteiger partial charge in [-0.1, -0.05) is 0 Å². The molecule has 19 heavy (non-hydrogen) atoms. The number of anilines is 1. The monoisotopic (exact) mass is 278 g/mol. The fraction of sp³-hybridized carbons (Fsp3) is 0.385. The van der Waals surface area contributed by atoms with Crippen molar-refractivity contribution < 1.29 is 4.79 Å². The molecular formula is C13H18N4OS. The maximum atomic E-state index is 12.1. The Labute approximate surface area is 116 Å². The Hall–Kier alpha value is -1.82. The highest BCUT2D eigenvalue weighted by Crippen LogP contribution is 2.12. The molecule has 0 bridgehead atoms. The van der Waals surface area contributed by atoms with Crippen LogP contribution < -0.4 is 11.1 Å².